The lowest BCUT2D eigenvalue weighted by atomic mass is 10.1. The van der Waals surface area contributed by atoms with E-state index in [4.69, 9.17) is 5.11 Å². The third-order valence-electron chi connectivity index (χ3n) is 4.84. The van der Waals surface area contributed by atoms with Crippen molar-refractivity contribution in [2.45, 2.75) is 32.4 Å². The number of carbonyl (C=O) groups is 1. The molecular formula is C16H25N3O2S. The second-order valence-electron chi connectivity index (χ2n) is 6.41. The predicted molar refractivity (Wildman–Crippen MR) is 88.1 cm³/mol. The number of hydrogen-bond donors (Lipinski definition) is 2. The van der Waals surface area contributed by atoms with Crippen LogP contribution in [0.25, 0.3) is 0 Å². The van der Waals surface area contributed by atoms with Crippen LogP contribution in [0.2, 0.25) is 0 Å². The first-order valence-corrected chi connectivity index (χ1v) is 8.98. The largest absolute Gasteiger partial charge is 0.396 e. The number of hydrogen-bond acceptors (Lipinski definition) is 4. The quantitative estimate of drug-likeness (QED) is 0.883. The number of carbonyl (C=O) groups excluding carboxylic acids is 1. The Morgan fingerprint density at radius 1 is 1.55 bits per heavy atom. The summed E-state index contributed by atoms with van der Waals surface area (Å²) in [6.07, 6.45) is 2.03. The van der Waals surface area contributed by atoms with Crippen LogP contribution in [0.15, 0.2) is 11.4 Å². The average molecular weight is 323 g/mol. The van der Waals surface area contributed by atoms with Gasteiger partial charge < -0.3 is 15.3 Å². The number of aliphatic hydroxyl groups excluding tert-OH is 1. The second-order valence-corrected chi connectivity index (χ2v) is 7.41. The van der Waals surface area contributed by atoms with Crippen molar-refractivity contribution in [3.05, 3.63) is 21.9 Å². The van der Waals surface area contributed by atoms with E-state index in [1.807, 2.05) is 16.2 Å². The van der Waals surface area contributed by atoms with Gasteiger partial charge in [0.05, 0.1) is 0 Å². The highest BCUT2D eigenvalue weighted by molar-refractivity contribution is 7.10. The topological polar surface area (TPSA) is 55.8 Å². The van der Waals surface area contributed by atoms with E-state index >= 15 is 0 Å². The van der Waals surface area contributed by atoms with Gasteiger partial charge in [-0.1, -0.05) is 0 Å². The molecule has 2 unspecified atom stereocenters. The van der Waals surface area contributed by atoms with Crippen molar-refractivity contribution in [3.63, 3.8) is 0 Å². The fraction of sp³-hybridized carbons (Fsp3) is 0.688. The van der Waals surface area contributed by atoms with Gasteiger partial charge in [-0.3, -0.25) is 4.90 Å². The molecule has 3 heterocycles. The van der Waals surface area contributed by atoms with Crippen LogP contribution in [-0.2, 0) is 13.0 Å². The summed E-state index contributed by atoms with van der Waals surface area (Å²) in [4.78, 5) is 17.9. The summed E-state index contributed by atoms with van der Waals surface area (Å²) in [5.41, 5.74) is 1.44. The Morgan fingerprint density at radius 2 is 2.41 bits per heavy atom. The Morgan fingerprint density at radius 3 is 3.18 bits per heavy atom. The molecule has 2 aliphatic rings. The first kappa shape index (κ1) is 15.8. The van der Waals surface area contributed by atoms with Crippen molar-refractivity contribution in [2.24, 2.45) is 5.92 Å². The molecule has 3 rings (SSSR count). The fourth-order valence-electron chi connectivity index (χ4n) is 3.29. The minimum absolute atomic E-state index is 0.0102. The van der Waals surface area contributed by atoms with Crippen LogP contribution < -0.4 is 5.32 Å². The molecule has 0 aromatic carbocycles. The summed E-state index contributed by atoms with van der Waals surface area (Å²) >= 11 is 1.85. The van der Waals surface area contributed by atoms with Crippen molar-refractivity contribution in [3.8, 4) is 0 Å². The Balaban J connectivity index is 1.45. The van der Waals surface area contributed by atoms with E-state index in [2.05, 4.69) is 28.6 Å². The summed E-state index contributed by atoms with van der Waals surface area (Å²) in [5.74, 6) is 0.252. The normalized spacial score (nSPS) is 23.4. The van der Waals surface area contributed by atoms with Crippen LogP contribution in [0.4, 0.5) is 4.79 Å². The minimum atomic E-state index is 0.0102. The lowest BCUT2D eigenvalue weighted by Gasteiger charge is -2.32. The maximum Gasteiger partial charge on any atom is 0.317 e. The summed E-state index contributed by atoms with van der Waals surface area (Å²) in [7, 11) is 0. The number of fused-ring (bicyclic) bond motifs is 1. The minimum Gasteiger partial charge on any atom is -0.396 e. The Labute approximate surface area is 135 Å². The van der Waals surface area contributed by atoms with Gasteiger partial charge in [-0.05, 0) is 36.8 Å². The number of amides is 2. The molecule has 1 fully saturated rings. The Hall–Kier alpha value is -1.11. The van der Waals surface area contributed by atoms with E-state index in [9.17, 15) is 4.79 Å². The first-order valence-electron chi connectivity index (χ1n) is 8.10. The lowest BCUT2D eigenvalue weighted by Crippen LogP contribution is -2.47. The SMILES string of the molecule is CC(CNC(=O)N1CCC(CO)C1)N1CCc2sccc2C1. The van der Waals surface area contributed by atoms with Crippen LogP contribution in [0, 0.1) is 5.92 Å². The molecule has 22 heavy (non-hydrogen) atoms. The smallest absolute Gasteiger partial charge is 0.317 e. The first-order chi connectivity index (χ1) is 10.7. The highest BCUT2D eigenvalue weighted by Crippen LogP contribution is 2.25. The molecule has 0 saturated carbocycles. The maximum atomic E-state index is 12.2. The van der Waals surface area contributed by atoms with E-state index < -0.39 is 0 Å². The molecule has 2 aliphatic heterocycles. The molecule has 1 aromatic rings. The van der Waals surface area contributed by atoms with Crippen LogP contribution >= 0.6 is 11.3 Å². The lowest BCUT2D eigenvalue weighted by molar-refractivity contribution is 0.175. The number of urea groups is 1. The van der Waals surface area contributed by atoms with Gasteiger partial charge in [-0.15, -0.1) is 11.3 Å². The van der Waals surface area contributed by atoms with Gasteiger partial charge >= 0.3 is 6.03 Å². The number of rotatable bonds is 4. The standard InChI is InChI=1S/C16H25N3O2S/c1-12(18-6-3-15-14(10-18)4-7-22-15)8-17-16(21)19-5-2-13(9-19)11-20/h4,7,12-13,20H,2-3,5-6,8-11H2,1H3,(H,17,21). The average Bonchev–Trinajstić information content (AvgIpc) is 3.19. The van der Waals surface area contributed by atoms with Gasteiger partial charge in [-0.25, -0.2) is 4.79 Å². The van der Waals surface area contributed by atoms with Gasteiger partial charge in [0.15, 0.2) is 0 Å². The van der Waals surface area contributed by atoms with Crippen LogP contribution in [0.5, 0.6) is 0 Å². The molecule has 0 radical (unpaired) electrons. The fourth-order valence-corrected chi connectivity index (χ4v) is 4.18. The molecular weight excluding hydrogens is 298 g/mol. The molecule has 6 heteroatoms. The molecule has 1 aromatic heterocycles. The molecule has 0 aliphatic carbocycles. The molecule has 2 N–H and O–H groups in total. The summed E-state index contributed by atoms with van der Waals surface area (Å²) < 4.78 is 0. The van der Waals surface area contributed by atoms with Gasteiger partial charge in [0.25, 0.3) is 0 Å². The maximum absolute atomic E-state index is 12.2. The Kier molecular flexibility index (Phi) is 5.00. The number of thiophene rings is 1. The van der Waals surface area contributed by atoms with E-state index in [1.165, 1.54) is 10.4 Å². The number of aliphatic hydroxyl groups is 1. The van der Waals surface area contributed by atoms with Gasteiger partial charge in [0.2, 0.25) is 0 Å². The van der Waals surface area contributed by atoms with Crippen molar-refractivity contribution in [1.29, 1.82) is 0 Å². The van der Waals surface area contributed by atoms with Gasteiger partial charge in [-0.2, -0.15) is 0 Å². The highest BCUT2D eigenvalue weighted by atomic mass is 32.1. The summed E-state index contributed by atoms with van der Waals surface area (Å²) in [6, 6.07) is 2.57. The zero-order valence-electron chi connectivity index (χ0n) is 13.1. The zero-order valence-corrected chi connectivity index (χ0v) is 13.9. The predicted octanol–water partition coefficient (Wildman–Crippen LogP) is 1.52. The zero-order chi connectivity index (χ0) is 15.5. The van der Waals surface area contributed by atoms with Crippen LogP contribution in [-0.4, -0.2) is 59.8 Å². The van der Waals surface area contributed by atoms with E-state index in [0.717, 1.165) is 32.5 Å². The summed E-state index contributed by atoms with van der Waals surface area (Å²) in [6.45, 7) is 6.53. The molecule has 1 saturated heterocycles. The van der Waals surface area contributed by atoms with E-state index in [0.29, 0.717) is 19.1 Å². The number of likely N-dealkylation sites (tertiary alicyclic amines) is 1. The molecule has 0 bridgehead atoms. The monoisotopic (exact) mass is 323 g/mol. The van der Waals surface area contributed by atoms with Crippen molar-refractivity contribution >= 4 is 17.4 Å². The third kappa shape index (κ3) is 3.45. The molecule has 0 spiro atoms. The van der Waals surface area contributed by atoms with Crippen LogP contribution in [0.3, 0.4) is 0 Å². The summed E-state index contributed by atoms with van der Waals surface area (Å²) in [5, 5.41) is 14.4. The molecule has 122 valence electrons. The van der Waals surface area contributed by atoms with Crippen molar-refractivity contribution in [2.75, 3.05) is 32.8 Å². The second kappa shape index (κ2) is 6.98. The number of nitrogens with one attached hydrogen (secondary N) is 1. The van der Waals surface area contributed by atoms with Crippen molar-refractivity contribution < 1.29 is 9.90 Å². The molecule has 2 amide bonds. The van der Waals surface area contributed by atoms with Crippen LogP contribution in [0.1, 0.15) is 23.8 Å². The van der Waals surface area contributed by atoms with Gasteiger partial charge in [0.1, 0.15) is 0 Å². The van der Waals surface area contributed by atoms with Crippen molar-refractivity contribution in [1.82, 2.24) is 15.1 Å². The van der Waals surface area contributed by atoms with E-state index in [-0.39, 0.29) is 18.6 Å². The molecule has 5 nitrogen and oxygen atoms in total. The van der Waals surface area contributed by atoms with Gasteiger partial charge in [0, 0.05) is 56.2 Å². The highest BCUT2D eigenvalue weighted by Gasteiger charge is 2.26. The van der Waals surface area contributed by atoms with E-state index in [1.54, 1.807) is 0 Å². The Bertz CT molecular complexity index is 519. The number of nitrogens with zero attached hydrogens (tertiary/aromatic N) is 2. The molecule has 2 atom stereocenters. The third-order valence-corrected chi connectivity index (χ3v) is 5.86.